The first-order chi connectivity index (χ1) is 8.69. The first kappa shape index (κ1) is 12.8. The standard InChI is InChI=1S/C12H15N3O2S/c1-4-15(5-2)12-14-9-7-13-8(11(16)17-3)6-10(9)18-12/h6-7H,4-5H2,1-3H3. The second-order valence-electron chi connectivity index (χ2n) is 3.70. The van der Waals surface area contributed by atoms with Crippen LogP contribution in [-0.2, 0) is 4.74 Å². The molecule has 5 nitrogen and oxygen atoms in total. The second-order valence-corrected chi connectivity index (χ2v) is 4.71. The summed E-state index contributed by atoms with van der Waals surface area (Å²) in [5, 5.41) is 0.957. The zero-order chi connectivity index (χ0) is 13.1. The van der Waals surface area contributed by atoms with Crippen LogP contribution in [0.3, 0.4) is 0 Å². The summed E-state index contributed by atoms with van der Waals surface area (Å²) in [5.74, 6) is -0.422. The van der Waals surface area contributed by atoms with Crippen LogP contribution in [-0.4, -0.2) is 36.1 Å². The summed E-state index contributed by atoms with van der Waals surface area (Å²) in [5.41, 5.74) is 1.13. The molecule has 0 unspecified atom stereocenters. The van der Waals surface area contributed by atoms with Gasteiger partial charge in [-0.2, -0.15) is 0 Å². The predicted octanol–water partition coefficient (Wildman–Crippen LogP) is 2.32. The van der Waals surface area contributed by atoms with Gasteiger partial charge in [-0.1, -0.05) is 11.3 Å². The van der Waals surface area contributed by atoms with E-state index in [4.69, 9.17) is 0 Å². The van der Waals surface area contributed by atoms with E-state index in [0.717, 1.165) is 28.4 Å². The molecule has 0 aliphatic carbocycles. The molecule has 0 spiro atoms. The zero-order valence-electron chi connectivity index (χ0n) is 10.6. The molecule has 0 saturated carbocycles. The summed E-state index contributed by atoms with van der Waals surface area (Å²) in [7, 11) is 1.35. The quantitative estimate of drug-likeness (QED) is 0.794. The van der Waals surface area contributed by atoms with E-state index in [0.29, 0.717) is 5.69 Å². The van der Waals surface area contributed by atoms with Gasteiger partial charge in [0.1, 0.15) is 11.2 Å². The van der Waals surface area contributed by atoms with Crippen molar-refractivity contribution < 1.29 is 9.53 Å². The van der Waals surface area contributed by atoms with E-state index in [-0.39, 0.29) is 0 Å². The Morgan fingerprint density at radius 3 is 2.78 bits per heavy atom. The van der Waals surface area contributed by atoms with Crippen molar-refractivity contribution in [3.8, 4) is 0 Å². The highest BCUT2D eigenvalue weighted by Gasteiger charge is 2.13. The highest BCUT2D eigenvalue weighted by molar-refractivity contribution is 7.22. The van der Waals surface area contributed by atoms with Gasteiger partial charge in [-0.05, 0) is 19.9 Å². The fraction of sp³-hybridized carbons (Fsp3) is 0.417. The Kier molecular flexibility index (Phi) is 3.76. The molecular formula is C12H15N3O2S. The molecular weight excluding hydrogens is 250 g/mol. The maximum Gasteiger partial charge on any atom is 0.356 e. The summed E-state index contributed by atoms with van der Waals surface area (Å²) in [6, 6.07) is 1.73. The van der Waals surface area contributed by atoms with E-state index < -0.39 is 5.97 Å². The summed E-state index contributed by atoms with van der Waals surface area (Å²) in [6.07, 6.45) is 1.62. The molecule has 96 valence electrons. The topological polar surface area (TPSA) is 55.3 Å². The number of hydrogen-bond donors (Lipinski definition) is 0. The van der Waals surface area contributed by atoms with Gasteiger partial charge in [-0.3, -0.25) is 0 Å². The van der Waals surface area contributed by atoms with E-state index in [1.165, 1.54) is 7.11 Å². The number of thiazole rings is 1. The average molecular weight is 265 g/mol. The van der Waals surface area contributed by atoms with E-state index in [1.807, 2.05) is 0 Å². The molecule has 6 heteroatoms. The summed E-state index contributed by atoms with van der Waals surface area (Å²) in [6.45, 7) is 6.00. The average Bonchev–Trinajstić information content (AvgIpc) is 2.81. The molecule has 0 radical (unpaired) electrons. The fourth-order valence-corrected chi connectivity index (χ4v) is 2.77. The lowest BCUT2D eigenvalue weighted by Crippen LogP contribution is -2.21. The molecule has 0 saturated heterocycles. The molecule has 2 heterocycles. The number of esters is 1. The molecule has 0 N–H and O–H groups in total. The van der Waals surface area contributed by atoms with Gasteiger partial charge >= 0.3 is 5.97 Å². The van der Waals surface area contributed by atoms with Gasteiger partial charge in [-0.15, -0.1) is 0 Å². The number of carbonyl (C=O) groups is 1. The number of fused-ring (bicyclic) bond motifs is 1. The van der Waals surface area contributed by atoms with Gasteiger partial charge in [0, 0.05) is 13.1 Å². The number of rotatable bonds is 4. The van der Waals surface area contributed by atoms with Crippen molar-refractivity contribution in [2.75, 3.05) is 25.1 Å². The van der Waals surface area contributed by atoms with Crippen LogP contribution in [0.5, 0.6) is 0 Å². The molecule has 0 atom stereocenters. The molecule has 0 fully saturated rings. The number of aromatic nitrogens is 2. The maximum absolute atomic E-state index is 11.4. The van der Waals surface area contributed by atoms with Crippen LogP contribution in [0, 0.1) is 0 Å². The van der Waals surface area contributed by atoms with Gasteiger partial charge in [0.15, 0.2) is 5.13 Å². The minimum atomic E-state index is -0.422. The Morgan fingerprint density at radius 1 is 1.44 bits per heavy atom. The van der Waals surface area contributed by atoms with Crippen molar-refractivity contribution in [3.05, 3.63) is 18.0 Å². The molecule has 0 bridgehead atoms. The number of carbonyl (C=O) groups excluding carboxylic acids is 1. The number of pyridine rings is 1. The molecule has 18 heavy (non-hydrogen) atoms. The Hall–Kier alpha value is -1.69. The van der Waals surface area contributed by atoms with Crippen LogP contribution in [0.2, 0.25) is 0 Å². The third kappa shape index (κ3) is 2.28. The zero-order valence-corrected chi connectivity index (χ0v) is 11.5. The van der Waals surface area contributed by atoms with Crippen LogP contribution in [0.15, 0.2) is 12.3 Å². The Labute approximate surface area is 109 Å². The van der Waals surface area contributed by atoms with Crippen molar-refractivity contribution >= 4 is 32.7 Å². The summed E-state index contributed by atoms with van der Waals surface area (Å²) < 4.78 is 5.61. The van der Waals surface area contributed by atoms with E-state index in [9.17, 15) is 4.79 Å². The van der Waals surface area contributed by atoms with Gasteiger partial charge < -0.3 is 9.64 Å². The van der Waals surface area contributed by atoms with Crippen molar-refractivity contribution in [1.82, 2.24) is 9.97 Å². The highest BCUT2D eigenvalue weighted by Crippen LogP contribution is 2.28. The number of methoxy groups -OCH3 is 1. The molecule has 0 aliphatic rings. The van der Waals surface area contributed by atoms with Crippen LogP contribution < -0.4 is 4.90 Å². The SMILES string of the molecule is CCN(CC)c1nc2cnc(C(=O)OC)cc2s1. The first-order valence-electron chi connectivity index (χ1n) is 5.79. The Bertz CT molecular complexity index is 563. The smallest absolute Gasteiger partial charge is 0.356 e. The lowest BCUT2D eigenvalue weighted by Gasteiger charge is -2.16. The van der Waals surface area contributed by atoms with Crippen LogP contribution in [0.4, 0.5) is 5.13 Å². The Morgan fingerprint density at radius 2 is 2.17 bits per heavy atom. The largest absolute Gasteiger partial charge is 0.464 e. The number of anilines is 1. The lowest BCUT2D eigenvalue weighted by molar-refractivity contribution is 0.0594. The third-order valence-electron chi connectivity index (χ3n) is 2.69. The monoisotopic (exact) mass is 265 g/mol. The minimum Gasteiger partial charge on any atom is -0.464 e. The van der Waals surface area contributed by atoms with Gasteiger partial charge in [-0.25, -0.2) is 14.8 Å². The maximum atomic E-state index is 11.4. The number of ether oxygens (including phenoxy) is 1. The van der Waals surface area contributed by atoms with Crippen molar-refractivity contribution in [2.45, 2.75) is 13.8 Å². The van der Waals surface area contributed by atoms with Gasteiger partial charge in [0.05, 0.1) is 18.0 Å². The number of nitrogens with zero attached hydrogens (tertiary/aromatic N) is 3. The van der Waals surface area contributed by atoms with Gasteiger partial charge in [0.25, 0.3) is 0 Å². The van der Waals surface area contributed by atoms with Crippen molar-refractivity contribution in [2.24, 2.45) is 0 Å². The predicted molar refractivity (Wildman–Crippen MR) is 72.3 cm³/mol. The third-order valence-corrected chi connectivity index (χ3v) is 3.77. The first-order valence-corrected chi connectivity index (χ1v) is 6.61. The highest BCUT2D eigenvalue weighted by atomic mass is 32.1. The van der Waals surface area contributed by atoms with E-state index in [2.05, 4.69) is 33.5 Å². The minimum absolute atomic E-state index is 0.319. The molecule has 2 rings (SSSR count). The molecule has 2 aromatic heterocycles. The molecule has 0 aromatic carbocycles. The van der Waals surface area contributed by atoms with Gasteiger partial charge in [0.2, 0.25) is 0 Å². The Balaban J connectivity index is 2.42. The fourth-order valence-electron chi connectivity index (χ4n) is 1.67. The number of hydrogen-bond acceptors (Lipinski definition) is 6. The molecule has 0 amide bonds. The van der Waals surface area contributed by atoms with Crippen LogP contribution in [0.1, 0.15) is 24.3 Å². The molecule has 0 aliphatic heterocycles. The molecule has 2 aromatic rings. The summed E-state index contributed by atoms with van der Waals surface area (Å²) in [4.78, 5) is 22.1. The van der Waals surface area contributed by atoms with Crippen LogP contribution >= 0.6 is 11.3 Å². The summed E-state index contributed by atoms with van der Waals surface area (Å²) >= 11 is 1.56. The van der Waals surface area contributed by atoms with Crippen molar-refractivity contribution in [1.29, 1.82) is 0 Å². The van der Waals surface area contributed by atoms with Crippen LogP contribution in [0.25, 0.3) is 10.2 Å². The van der Waals surface area contributed by atoms with E-state index in [1.54, 1.807) is 23.6 Å². The lowest BCUT2D eigenvalue weighted by atomic mass is 10.3. The second kappa shape index (κ2) is 5.30. The van der Waals surface area contributed by atoms with E-state index >= 15 is 0 Å². The van der Waals surface area contributed by atoms with Crippen molar-refractivity contribution in [3.63, 3.8) is 0 Å². The normalized spacial score (nSPS) is 10.6.